The standard InChI is InChI=1S/C23H26N6O3/c1-28(2)10-5-11-29-14-24-18-12-15(8-9-20(18)29)25-21(30)13-19-23(32)26-17-7-4-3-6-16(17)22(31)27-19/h3-4,6-9,12,14,19H,5,10-11,13H2,1-2H3,(H,25,30)(H,26,32)(H,27,31). The number of carbonyl (C=O) groups is 3. The molecule has 0 saturated heterocycles. The second kappa shape index (κ2) is 9.19. The zero-order valence-corrected chi connectivity index (χ0v) is 18.1. The molecule has 4 rings (SSSR count). The van der Waals surface area contributed by atoms with Crippen molar-refractivity contribution in [2.75, 3.05) is 31.3 Å². The first-order chi connectivity index (χ1) is 15.4. The first kappa shape index (κ1) is 21.5. The van der Waals surface area contributed by atoms with E-state index in [1.165, 1.54) is 0 Å². The number of carbonyl (C=O) groups excluding carboxylic acids is 3. The third-order valence-corrected chi connectivity index (χ3v) is 5.35. The van der Waals surface area contributed by atoms with Crippen LogP contribution in [0.1, 0.15) is 23.2 Å². The summed E-state index contributed by atoms with van der Waals surface area (Å²) in [5.41, 5.74) is 3.17. The third-order valence-electron chi connectivity index (χ3n) is 5.35. The van der Waals surface area contributed by atoms with E-state index in [0.29, 0.717) is 16.9 Å². The summed E-state index contributed by atoms with van der Waals surface area (Å²) < 4.78 is 2.09. The summed E-state index contributed by atoms with van der Waals surface area (Å²) in [4.78, 5) is 44.1. The van der Waals surface area contributed by atoms with Gasteiger partial charge >= 0.3 is 0 Å². The summed E-state index contributed by atoms with van der Waals surface area (Å²) in [6.07, 6.45) is 2.63. The lowest BCUT2D eigenvalue weighted by Gasteiger charge is -2.14. The van der Waals surface area contributed by atoms with Crippen molar-refractivity contribution < 1.29 is 14.4 Å². The maximum atomic E-state index is 12.6. The molecule has 0 bridgehead atoms. The highest BCUT2D eigenvalue weighted by molar-refractivity contribution is 6.11. The van der Waals surface area contributed by atoms with Crippen LogP contribution in [-0.4, -0.2) is 58.9 Å². The van der Waals surface area contributed by atoms with Gasteiger partial charge in [-0.2, -0.15) is 0 Å². The summed E-state index contributed by atoms with van der Waals surface area (Å²) in [7, 11) is 4.09. The Morgan fingerprint density at radius 1 is 1.19 bits per heavy atom. The van der Waals surface area contributed by atoms with Gasteiger partial charge in [-0.05, 0) is 57.4 Å². The maximum Gasteiger partial charge on any atom is 0.254 e. The van der Waals surface area contributed by atoms with Gasteiger partial charge in [-0.1, -0.05) is 12.1 Å². The smallest absolute Gasteiger partial charge is 0.254 e. The van der Waals surface area contributed by atoms with Crippen LogP contribution in [0.4, 0.5) is 11.4 Å². The Labute approximate surface area is 185 Å². The molecule has 9 nitrogen and oxygen atoms in total. The van der Waals surface area contributed by atoms with E-state index < -0.39 is 17.9 Å². The molecule has 2 heterocycles. The maximum absolute atomic E-state index is 12.6. The topological polar surface area (TPSA) is 108 Å². The van der Waals surface area contributed by atoms with Crippen LogP contribution in [0.25, 0.3) is 11.0 Å². The molecule has 3 amide bonds. The number of amides is 3. The number of fused-ring (bicyclic) bond motifs is 2. The Morgan fingerprint density at radius 3 is 2.81 bits per heavy atom. The van der Waals surface area contributed by atoms with E-state index in [-0.39, 0.29) is 12.3 Å². The summed E-state index contributed by atoms with van der Waals surface area (Å²) in [6.45, 7) is 1.85. The van der Waals surface area contributed by atoms with Crippen molar-refractivity contribution in [3.05, 3.63) is 54.4 Å². The number of hydrogen-bond acceptors (Lipinski definition) is 5. The molecule has 32 heavy (non-hydrogen) atoms. The van der Waals surface area contributed by atoms with Crippen molar-refractivity contribution in [3.8, 4) is 0 Å². The highest BCUT2D eigenvalue weighted by Crippen LogP contribution is 2.21. The molecule has 1 unspecified atom stereocenters. The number of nitrogens with one attached hydrogen (secondary N) is 3. The number of imidazole rings is 1. The van der Waals surface area contributed by atoms with Gasteiger partial charge in [0.25, 0.3) is 5.91 Å². The van der Waals surface area contributed by atoms with E-state index in [2.05, 4.69) is 30.4 Å². The van der Waals surface area contributed by atoms with E-state index in [9.17, 15) is 14.4 Å². The molecule has 0 aliphatic carbocycles. The van der Waals surface area contributed by atoms with Crippen LogP contribution in [0.15, 0.2) is 48.8 Å². The van der Waals surface area contributed by atoms with Crippen LogP contribution >= 0.6 is 0 Å². The molecule has 2 aromatic carbocycles. The minimum absolute atomic E-state index is 0.178. The van der Waals surface area contributed by atoms with Gasteiger partial charge in [-0.15, -0.1) is 0 Å². The molecule has 0 radical (unpaired) electrons. The zero-order valence-electron chi connectivity index (χ0n) is 18.1. The summed E-state index contributed by atoms with van der Waals surface area (Å²) in [5, 5.41) is 8.14. The lowest BCUT2D eigenvalue weighted by atomic mass is 10.1. The summed E-state index contributed by atoms with van der Waals surface area (Å²) in [6, 6.07) is 11.3. The zero-order chi connectivity index (χ0) is 22.7. The van der Waals surface area contributed by atoms with E-state index in [1.54, 1.807) is 36.7 Å². The highest BCUT2D eigenvalue weighted by Gasteiger charge is 2.29. The summed E-state index contributed by atoms with van der Waals surface area (Å²) >= 11 is 0. The van der Waals surface area contributed by atoms with Gasteiger partial charge in [0.1, 0.15) is 6.04 Å². The lowest BCUT2D eigenvalue weighted by molar-refractivity contribution is -0.122. The highest BCUT2D eigenvalue weighted by atomic mass is 16.2. The number of para-hydroxylation sites is 1. The van der Waals surface area contributed by atoms with Crippen LogP contribution in [0.5, 0.6) is 0 Å². The first-order valence-electron chi connectivity index (χ1n) is 10.5. The molecule has 3 N–H and O–H groups in total. The van der Waals surface area contributed by atoms with Gasteiger partial charge in [0.2, 0.25) is 11.8 Å². The van der Waals surface area contributed by atoms with Gasteiger partial charge in [-0.25, -0.2) is 4.98 Å². The fourth-order valence-electron chi connectivity index (χ4n) is 3.73. The molecule has 1 aliphatic rings. The molecule has 1 aromatic heterocycles. The number of rotatable bonds is 7. The van der Waals surface area contributed by atoms with Crippen LogP contribution in [0, 0.1) is 0 Å². The Bertz CT molecular complexity index is 1170. The Kier molecular flexibility index (Phi) is 6.18. The Morgan fingerprint density at radius 2 is 2.00 bits per heavy atom. The minimum atomic E-state index is -0.963. The molecule has 0 fully saturated rings. The average Bonchev–Trinajstić information content (AvgIpc) is 3.10. The molecule has 3 aromatic rings. The molecule has 1 aliphatic heterocycles. The number of nitrogens with zero attached hydrogens (tertiary/aromatic N) is 3. The molecular formula is C23H26N6O3. The molecular weight excluding hydrogens is 408 g/mol. The predicted octanol–water partition coefficient (Wildman–Crippen LogP) is 2.07. The first-order valence-corrected chi connectivity index (χ1v) is 10.5. The molecule has 0 saturated carbocycles. The van der Waals surface area contributed by atoms with Crippen molar-refractivity contribution in [2.24, 2.45) is 0 Å². The van der Waals surface area contributed by atoms with Gasteiger partial charge in [0.05, 0.1) is 35.0 Å². The predicted molar refractivity (Wildman–Crippen MR) is 122 cm³/mol. The molecule has 0 spiro atoms. The summed E-state index contributed by atoms with van der Waals surface area (Å²) in [5.74, 6) is -1.19. The number of anilines is 2. The van der Waals surface area contributed by atoms with E-state index >= 15 is 0 Å². The average molecular weight is 435 g/mol. The van der Waals surface area contributed by atoms with Crippen molar-refractivity contribution >= 4 is 40.1 Å². The van der Waals surface area contributed by atoms with Crippen LogP contribution in [0.3, 0.4) is 0 Å². The Hall–Kier alpha value is -3.72. The third kappa shape index (κ3) is 4.78. The van der Waals surface area contributed by atoms with Crippen LogP contribution < -0.4 is 16.0 Å². The van der Waals surface area contributed by atoms with E-state index in [4.69, 9.17) is 0 Å². The monoisotopic (exact) mass is 434 g/mol. The van der Waals surface area contributed by atoms with Crippen molar-refractivity contribution in [1.29, 1.82) is 0 Å². The Balaban J connectivity index is 1.39. The fourth-order valence-corrected chi connectivity index (χ4v) is 3.73. The fraction of sp³-hybridized carbons (Fsp3) is 0.304. The SMILES string of the molecule is CN(C)CCCn1cnc2cc(NC(=O)CC3NC(=O)c4ccccc4NC3=O)ccc21. The van der Waals surface area contributed by atoms with Crippen molar-refractivity contribution in [1.82, 2.24) is 19.8 Å². The molecule has 166 valence electrons. The second-order valence-corrected chi connectivity index (χ2v) is 8.11. The molecule has 9 heteroatoms. The van der Waals surface area contributed by atoms with Crippen LogP contribution in [0.2, 0.25) is 0 Å². The number of hydrogen-bond donors (Lipinski definition) is 3. The van der Waals surface area contributed by atoms with Gasteiger partial charge in [0.15, 0.2) is 0 Å². The van der Waals surface area contributed by atoms with E-state index in [0.717, 1.165) is 30.5 Å². The lowest BCUT2D eigenvalue weighted by Crippen LogP contribution is -2.43. The van der Waals surface area contributed by atoms with Gasteiger partial charge in [-0.3, -0.25) is 14.4 Å². The van der Waals surface area contributed by atoms with Gasteiger partial charge < -0.3 is 25.4 Å². The second-order valence-electron chi connectivity index (χ2n) is 8.11. The van der Waals surface area contributed by atoms with Crippen molar-refractivity contribution in [3.63, 3.8) is 0 Å². The minimum Gasteiger partial charge on any atom is -0.340 e. The quantitative estimate of drug-likeness (QED) is 0.528. The number of aromatic nitrogens is 2. The molecule has 1 atom stereocenters. The number of benzene rings is 2. The largest absolute Gasteiger partial charge is 0.340 e. The van der Waals surface area contributed by atoms with Gasteiger partial charge in [0, 0.05) is 12.2 Å². The van der Waals surface area contributed by atoms with E-state index in [1.807, 2.05) is 26.2 Å². The normalized spacial score (nSPS) is 15.8. The number of aryl methyl sites for hydroxylation is 1. The van der Waals surface area contributed by atoms with Crippen molar-refractivity contribution in [2.45, 2.75) is 25.4 Å². The van der Waals surface area contributed by atoms with Crippen LogP contribution in [-0.2, 0) is 16.1 Å².